The number of aromatic nitrogens is 2. The quantitative estimate of drug-likeness (QED) is 0.841. The SMILES string of the molecule is Cc1ccccc1-c1cc2n(n1)C1CCCC1CN2. The minimum absolute atomic E-state index is 0.619. The van der Waals surface area contributed by atoms with Crippen molar-refractivity contribution in [3.63, 3.8) is 0 Å². The Kier molecular flexibility index (Phi) is 2.40. The first-order valence-electron chi connectivity index (χ1n) is 7.22. The Morgan fingerprint density at radius 2 is 2.16 bits per heavy atom. The van der Waals surface area contributed by atoms with E-state index >= 15 is 0 Å². The molecule has 0 bridgehead atoms. The van der Waals surface area contributed by atoms with Gasteiger partial charge in [-0.05, 0) is 31.2 Å². The number of fused-ring (bicyclic) bond motifs is 3. The maximum absolute atomic E-state index is 4.88. The van der Waals surface area contributed by atoms with Crippen molar-refractivity contribution in [3.05, 3.63) is 35.9 Å². The fourth-order valence-electron chi connectivity index (χ4n) is 3.58. The van der Waals surface area contributed by atoms with Crippen LogP contribution in [0.15, 0.2) is 30.3 Å². The molecule has 3 nitrogen and oxygen atoms in total. The van der Waals surface area contributed by atoms with Gasteiger partial charge in [0.15, 0.2) is 0 Å². The number of aryl methyl sites for hydroxylation is 1. The molecule has 1 aliphatic carbocycles. The van der Waals surface area contributed by atoms with E-state index in [4.69, 9.17) is 5.10 Å². The molecular formula is C16H19N3. The van der Waals surface area contributed by atoms with Gasteiger partial charge in [-0.1, -0.05) is 30.7 Å². The molecule has 0 saturated heterocycles. The summed E-state index contributed by atoms with van der Waals surface area (Å²) < 4.78 is 2.24. The summed E-state index contributed by atoms with van der Waals surface area (Å²) in [5.74, 6) is 1.97. The highest BCUT2D eigenvalue weighted by atomic mass is 15.4. The lowest BCUT2D eigenvalue weighted by Crippen LogP contribution is -2.29. The fourth-order valence-corrected chi connectivity index (χ4v) is 3.58. The molecule has 1 N–H and O–H groups in total. The third-order valence-corrected chi connectivity index (χ3v) is 4.64. The minimum Gasteiger partial charge on any atom is -0.370 e. The van der Waals surface area contributed by atoms with Crippen molar-refractivity contribution in [3.8, 4) is 11.3 Å². The van der Waals surface area contributed by atoms with Crippen molar-refractivity contribution in [2.45, 2.75) is 32.2 Å². The standard InChI is InChI=1S/C16H19N3/c1-11-5-2-3-7-13(11)14-9-16-17-10-12-6-4-8-15(12)19(16)18-14/h2-3,5,7,9,12,15,17H,4,6,8,10H2,1H3. The Morgan fingerprint density at radius 3 is 3.05 bits per heavy atom. The zero-order chi connectivity index (χ0) is 12.8. The van der Waals surface area contributed by atoms with Gasteiger partial charge >= 0.3 is 0 Å². The van der Waals surface area contributed by atoms with Gasteiger partial charge in [-0.15, -0.1) is 0 Å². The molecule has 1 saturated carbocycles. The summed E-state index contributed by atoms with van der Waals surface area (Å²) >= 11 is 0. The number of rotatable bonds is 1. The maximum atomic E-state index is 4.88. The predicted molar refractivity (Wildman–Crippen MR) is 77.3 cm³/mol. The maximum Gasteiger partial charge on any atom is 0.125 e. The third kappa shape index (κ3) is 1.68. The lowest BCUT2D eigenvalue weighted by atomic mass is 10.0. The summed E-state index contributed by atoms with van der Waals surface area (Å²) in [6, 6.07) is 11.3. The van der Waals surface area contributed by atoms with Gasteiger partial charge in [0.05, 0.1) is 11.7 Å². The summed E-state index contributed by atoms with van der Waals surface area (Å²) in [6.07, 6.45) is 3.97. The Labute approximate surface area is 113 Å². The van der Waals surface area contributed by atoms with E-state index in [0.29, 0.717) is 6.04 Å². The molecule has 4 rings (SSSR count). The highest BCUT2D eigenvalue weighted by Gasteiger charge is 2.34. The summed E-state index contributed by atoms with van der Waals surface area (Å²) in [4.78, 5) is 0. The van der Waals surface area contributed by atoms with Crippen LogP contribution in [0.1, 0.15) is 30.9 Å². The highest BCUT2D eigenvalue weighted by Crippen LogP contribution is 2.41. The molecule has 0 radical (unpaired) electrons. The third-order valence-electron chi connectivity index (χ3n) is 4.64. The van der Waals surface area contributed by atoms with E-state index in [1.807, 2.05) is 0 Å². The Bertz CT molecular complexity index is 614. The lowest BCUT2D eigenvalue weighted by Gasteiger charge is -2.28. The molecule has 0 spiro atoms. The summed E-state index contributed by atoms with van der Waals surface area (Å²) in [5, 5.41) is 8.42. The number of nitrogens with one attached hydrogen (secondary N) is 1. The zero-order valence-electron chi connectivity index (χ0n) is 11.3. The van der Waals surface area contributed by atoms with Crippen LogP contribution in [-0.2, 0) is 0 Å². The average Bonchev–Trinajstić information content (AvgIpc) is 3.04. The molecule has 19 heavy (non-hydrogen) atoms. The summed E-state index contributed by atoms with van der Waals surface area (Å²) in [5.41, 5.74) is 3.65. The van der Waals surface area contributed by atoms with Gasteiger partial charge in [-0.3, -0.25) is 0 Å². The van der Waals surface area contributed by atoms with E-state index in [0.717, 1.165) is 18.2 Å². The van der Waals surface area contributed by atoms with Crippen LogP contribution in [0, 0.1) is 12.8 Å². The van der Waals surface area contributed by atoms with Crippen molar-refractivity contribution >= 4 is 5.82 Å². The largest absolute Gasteiger partial charge is 0.370 e. The predicted octanol–water partition coefficient (Wildman–Crippen LogP) is 3.63. The summed E-state index contributed by atoms with van der Waals surface area (Å²) in [6.45, 7) is 3.27. The topological polar surface area (TPSA) is 29.9 Å². The normalized spacial score (nSPS) is 24.7. The van der Waals surface area contributed by atoms with E-state index in [1.165, 1.54) is 36.2 Å². The molecular weight excluding hydrogens is 234 g/mol. The van der Waals surface area contributed by atoms with Gasteiger partial charge in [0, 0.05) is 18.2 Å². The van der Waals surface area contributed by atoms with Gasteiger partial charge in [0.1, 0.15) is 5.82 Å². The van der Waals surface area contributed by atoms with Crippen LogP contribution in [-0.4, -0.2) is 16.3 Å². The van der Waals surface area contributed by atoms with Gasteiger partial charge in [0.25, 0.3) is 0 Å². The Morgan fingerprint density at radius 1 is 1.26 bits per heavy atom. The molecule has 1 aromatic heterocycles. The van der Waals surface area contributed by atoms with E-state index in [1.54, 1.807) is 0 Å². The molecule has 2 atom stereocenters. The van der Waals surface area contributed by atoms with Crippen molar-refractivity contribution in [1.29, 1.82) is 0 Å². The molecule has 3 heteroatoms. The van der Waals surface area contributed by atoms with Gasteiger partial charge < -0.3 is 5.32 Å². The monoisotopic (exact) mass is 253 g/mol. The number of benzene rings is 1. The summed E-state index contributed by atoms with van der Waals surface area (Å²) in [7, 11) is 0. The first-order chi connectivity index (χ1) is 9.33. The fraction of sp³-hybridized carbons (Fsp3) is 0.438. The number of hydrogen-bond donors (Lipinski definition) is 1. The molecule has 1 aliphatic heterocycles. The van der Waals surface area contributed by atoms with Crippen molar-refractivity contribution in [2.24, 2.45) is 5.92 Å². The second kappa shape index (κ2) is 4.12. The van der Waals surface area contributed by atoms with E-state index in [2.05, 4.69) is 47.3 Å². The number of hydrogen-bond acceptors (Lipinski definition) is 2. The van der Waals surface area contributed by atoms with Crippen molar-refractivity contribution in [1.82, 2.24) is 9.78 Å². The van der Waals surface area contributed by atoms with Crippen LogP contribution >= 0.6 is 0 Å². The van der Waals surface area contributed by atoms with E-state index < -0.39 is 0 Å². The second-order valence-corrected chi connectivity index (χ2v) is 5.81. The Balaban J connectivity index is 1.79. The van der Waals surface area contributed by atoms with Crippen molar-refractivity contribution in [2.75, 3.05) is 11.9 Å². The van der Waals surface area contributed by atoms with E-state index in [-0.39, 0.29) is 0 Å². The molecule has 0 amide bonds. The first kappa shape index (κ1) is 11.1. The minimum atomic E-state index is 0.619. The first-order valence-corrected chi connectivity index (χ1v) is 7.22. The molecule has 2 aromatic rings. The van der Waals surface area contributed by atoms with Gasteiger partial charge in [0.2, 0.25) is 0 Å². The van der Waals surface area contributed by atoms with Crippen LogP contribution in [0.3, 0.4) is 0 Å². The van der Waals surface area contributed by atoms with Crippen LogP contribution < -0.4 is 5.32 Å². The molecule has 1 aromatic carbocycles. The van der Waals surface area contributed by atoms with E-state index in [9.17, 15) is 0 Å². The second-order valence-electron chi connectivity index (χ2n) is 5.81. The number of nitrogens with zero attached hydrogens (tertiary/aromatic N) is 2. The van der Waals surface area contributed by atoms with Crippen LogP contribution in [0.4, 0.5) is 5.82 Å². The zero-order valence-corrected chi connectivity index (χ0v) is 11.3. The molecule has 98 valence electrons. The van der Waals surface area contributed by atoms with Gasteiger partial charge in [-0.25, -0.2) is 4.68 Å². The Hall–Kier alpha value is -1.77. The molecule has 2 heterocycles. The number of anilines is 1. The van der Waals surface area contributed by atoms with Crippen molar-refractivity contribution < 1.29 is 0 Å². The van der Waals surface area contributed by atoms with Crippen LogP contribution in [0.2, 0.25) is 0 Å². The van der Waals surface area contributed by atoms with Crippen LogP contribution in [0.25, 0.3) is 11.3 Å². The molecule has 2 unspecified atom stereocenters. The van der Waals surface area contributed by atoms with Gasteiger partial charge in [-0.2, -0.15) is 5.10 Å². The van der Waals surface area contributed by atoms with Crippen LogP contribution in [0.5, 0.6) is 0 Å². The average molecular weight is 253 g/mol. The smallest absolute Gasteiger partial charge is 0.125 e. The molecule has 1 fully saturated rings. The molecule has 2 aliphatic rings. The highest BCUT2D eigenvalue weighted by molar-refractivity contribution is 5.66. The lowest BCUT2D eigenvalue weighted by molar-refractivity contribution is 0.348.